The third-order valence-corrected chi connectivity index (χ3v) is 4.53. The Labute approximate surface area is 157 Å². The standard InChI is InChI=1S/C21H20N4O2/c1-14-12-18(20(26)25-11-10-15-6-3-4-9-19(15)25)24-21(22-14)23-16-7-5-8-17(13-16)27-2/h3-9,12-13H,10-11H2,1-2H3,(H,22,23,24). The van der Waals surface area contributed by atoms with Gasteiger partial charge in [0, 0.05) is 29.7 Å². The Morgan fingerprint density at radius 3 is 2.81 bits per heavy atom. The zero-order valence-corrected chi connectivity index (χ0v) is 15.3. The zero-order valence-electron chi connectivity index (χ0n) is 15.3. The fourth-order valence-electron chi connectivity index (χ4n) is 3.25. The van der Waals surface area contributed by atoms with E-state index in [1.807, 2.05) is 49.4 Å². The van der Waals surface area contributed by atoms with Gasteiger partial charge in [0.25, 0.3) is 5.91 Å². The quantitative estimate of drug-likeness (QED) is 0.768. The maximum Gasteiger partial charge on any atom is 0.277 e. The van der Waals surface area contributed by atoms with Crippen LogP contribution in [-0.4, -0.2) is 29.5 Å². The summed E-state index contributed by atoms with van der Waals surface area (Å²) in [5.74, 6) is 1.01. The molecule has 0 atom stereocenters. The van der Waals surface area contributed by atoms with Gasteiger partial charge in [-0.1, -0.05) is 24.3 Å². The van der Waals surface area contributed by atoms with Crippen molar-refractivity contribution >= 4 is 23.2 Å². The maximum absolute atomic E-state index is 13.1. The molecule has 1 amide bonds. The Morgan fingerprint density at radius 1 is 1.11 bits per heavy atom. The van der Waals surface area contributed by atoms with Crippen LogP contribution in [0.15, 0.2) is 54.6 Å². The molecule has 0 aliphatic carbocycles. The van der Waals surface area contributed by atoms with Crippen molar-refractivity contribution in [3.63, 3.8) is 0 Å². The number of hydrogen-bond donors (Lipinski definition) is 1. The van der Waals surface area contributed by atoms with Crippen molar-refractivity contribution in [2.24, 2.45) is 0 Å². The molecule has 1 aromatic heterocycles. The molecule has 0 fully saturated rings. The average molecular weight is 360 g/mol. The number of carbonyl (C=O) groups excluding carboxylic acids is 1. The fourth-order valence-corrected chi connectivity index (χ4v) is 3.25. The Kier molecular flexibility index (Phi) is 4.46. The van der Waals surface area contributed by atoms with Gasteiger partial charge in [0.05, 0.1) is 7.11 Å². The van der Waals surface area contributed by atoms with E-state index in [1.165, 1.54) is 5.56 Å². The largest absolute Gasteiger partial charge is 0.497 e. The molecule has 0 spiro atoms. The molecule has 4 rings (SSSR count). The third kappa shape index (κ3) is 3.46. The summed E-state index contributed by atoms with van der Waals surface area (Å²) in [5.41, 5.74) is 4.05. The molecule has 6 heteroatoms. The fraction of sp³-hybridized carbons (Fsp3) is 0.190. The van der Waals surface area contributed by atoms with E-state index in [2.05, 4.69) is 21.4 Å². The van der Waals surface area contributed by atoms with E-state index in [-0.39, 0.29) is 5.91 Å². The molecule has 2 aromatic carbocycles. The number of fused-ring (bicyclic) bond motifs is 1. The number of carbonyl (C=O) groups is 1. The van der Waals surface area contributed by atoms with Crippen molar-refractivity contribution in [1.29, 1.82) is 0 Å². The number of aromatic nitrogens is 2. The summed E-state index contributed by atoms with van der Waals surface area (Å²) in [6, 6.07) is 17.2. The van der Waals surface area contributed by atoms with Gasteiger partial charge in [-0.3, -0.25) is 4.79 Å². The molecule has 136 valence electrons. The summed E-state index contributed by atoms with van der Waals surface area (Å²) < 4.78 is 5.24. The number of rotatable bonds is 4. The van der Waals surface area contributed by atoms with Gasteiger partial charge in [-0.05, 0) is 43.2 Å². The Hall–Kier alpha value is -3.41. The van der Waals surface area contributed by atoms with Crippen molar-refractivity contribution in [3.05, 3.63) is 71.5 Å². The molecule has 6 nitrogen and oxygen atoms in total. The number of nitrogens with one attached hydrogen (secondary N) is 1. The van der Waals surface area contributed by atoms with E-state index >= 15 is 0 Å². The lowest BCUT2D eigenvalue weighted by Crippen LogP contribution is -2.30. The number of para-hydroxylation sites is 1. The summed E-state index contributed by atoms with van der Waals surface area (Å²) in [4.78, 5) is 23.7. The molecule has 2 heterocycles. The van der Waals surface area contributed by atoms with Gasteiger partial charge < -0.3 is 15.0 Å². The number of ether oxygens (including phenoxy) is 1. The minimum atomic E-state index is -0.112. The minimum Gasteiger partial charge on any atom is -0.497 e. The van der Waals surface area contributed by atoms with Gasteiger partial charge in [0.2, 0.25) is 5.95 Å². The maximum atomic E-state index is 13.1. The van der Waals surface area contributed by atoms with Crippen LogP contribution >= 0.6 is 0 Å². The zero-order chi connectivity index (χ0) is 18.8. The van der Waals surface area contributed by atoms with Crippen LogP contribution in [0.1, 0.15) is 21.7 Å². The van der Waals surface area contributed by atoms with Crippen LogP contribution in [-0.2, 0) is 6.42 Å². The summed E-state index contributed by atoms with van der Waals surface area (Å²) >= 11 is 0. The molecular weight excluding hydrogens is 340 g/mol. The molecule has 27 heavy (non-hydrogen) atoms. The Morgan fingerprint density at radius 2 is 1.96 bits per heavy atom. The highest BCUT2D eigenvalue weighted by atomic mass is 16.5. The number of amides is 1. The summed E-state index contributed by atoms with van der Waals surface area (Å²) in [6.45, 7) is 2.52. The second-order valence-corrected chi connectivity index (χ2v) is 6.41. The van der Waals surface area contributed by atoms with E-state index < -0.39 is 0 Å². The van der Waals surface area contributed by atoms with E-state index in [4.69, 9.17) is 4.74 Å². The molecule has 0 unspecified atom stereocenters. The Bertz CT molecular complexity index is 1000. The lowest BCUT2D eigenvalue weighted by atomic mass is 10.2. The average Bonchev–Trinajstić information content (AvgIpc) is 3.11. The molecule has 1 aliphatic heterocycles. The van der Waals surface area contributed by atoms with Crippen molar-refractivity contribution < 1.29 is 9.53 Å². The monoisotopic (exact) mass is 360 g/mol. The second kappa shape index (κ2) is 7.07. The van der Waals surface area contributed by atoms with E-state index in [9.17, 15) is 4.79 Å². The highest BCUT2D eigenvalue weighted by Gasteiger charge is 2.26. The molecular formula is C21H20N4O2. The number of hydrogen-bond acceptors (Lipinski definition) is 5. The lowest BCUT2D eigenvalue weighted by molar-refractivity contribution is 0.0984. The normalized spacial score (nSPS) is 12.6. The number of aryl methyl sites for hydroxylation is 1. The summed E-state index contributed by atoms with van der Waals surface area (Å²) in [5, 5.41) is 3.15. The van der Waals surface area contributed by atoms with Crippen LogP contribution in [0.4, 0.5) is 17.3 Å². The highest BCUT2D eigenvalue weighted by molar-refractivity contribution is 6.06. The van der Waals surface area contributed by atoms with Gasteiger partial charge in [0.1, 0.15) is 11.4 Å². The number of nitrogens with zero attached hydrogens (tertiary/aromatic N) is 3. The number of anilines is 3. The first-order chi connectivity index (χ1) is 13.1. The van der Waals surface area contributed by atoms with Gasteiger partial charge in [-0.25, -0.2) is 9.97 Å². The molecule has 3 aromatic rings. The van der Waals surface area contributed by atoms with Crippen molar-refractivity contribution in [1.82, 2.24) is 9.97 Å². The molecule has 1 aliphatic rings. The molecule has 0 bridgehead atoms. The highest BCUT2D eigenvalue weighted by Crippen LogP contribution is 2.29. The van der Waals surface area contributed by atoms with Crippen LogP contribution in [0, 0.1) is 6.92 Å². The Balaban J connectivity index is 1.62. The predicted molar refractivity (Wildman–Crippen MR) is 105 cm³/mol. The van der Waals surface area contributed by atoms with E-state index in [0.29, 0.717) is 18.2 Å². The molecule has 1 N–H and O–H groups in total. The van der Waals surface area contributed by atoms with Crippen molar-refractivity contribution in [2.45, 2.75) is 13.3 Å². The van der Waals surface area contributed by atoms with Crippen LogP contribution in [0.5, 0.6) is 5.75 Å². The number of benzene rings is 2. The molecule has 0 saturated carbocycles. The van der Waals surface area contributed by atoms with Gasteiger partial charge in [-0.2, -0.15) is 0 Å². The first kappa shape index (κ1) is 17.0. The van der Waals surface area contributed by atoms with Crippen molar-refractivity contribution in [2.75, 3.05) is 23.9 Å². The number of methoxy groups -OCH3 is 1. The lowest BCUT2D eigenvalue weighted by Gasteiger charge is -2.17. The van der Waals surface area contributed by atoms with Gasteiger partial charge >= 0.3 is 0 Å². The van der Waals surface area contributed by atoms with Crippen LogP contribution in [0.25, 0.3) is 0 Å². The van der Waals surface area contributed by atoms with Crippen LogP contribution in [0.2, 0.25) is 0 Å². The second-order valence-electron chi connectivity index (χ2n) is 6.41. The van der Waals surface area contributed by atoms with Crippen molar-refractivity contribution in [3.8, 4) is 5.75 Å². The predicted octanol–water partition coefficient (Wildman–Crippen LogP) is 3.74. The molecule has 0 saturated heterocycles. The summed E-state index contributed by atoms with van der Waals surface area (Å²) in [7, 11) is 1.62. The summed E-state index contributed by atoms with van der Waals surface area (Å²) in [6.07, 6.45) is 0.862. The SMILES string of the molecule is COc1cccc(Nc2nc(C)cc(C(=O)N3CCc4ccccc43)n2)c1. The molecule has 0 radical (unpaired) electrons. The topological polar surface area (TPSA) is 67.3 Å². The minimum absolute atomic E-state index is 0.112. The first-order valence-electron chi connectivity index (χ1n) is 8.80. The first-order valence-corrected chi connectivity index (χ1v) is 8.80. The van der Waals surface area contributed by atoms with E-state index in [0.717, 1.165) is 29.2 Å². The van der Waals surface area contributed by atoms with E-state index in [1.54, 1.807) is 18.1 Å². The van der Waals surface area contributed by atoms with Crippen LogP contribution in [0.3, 0.4) is 0 Å². The van der Waals surface area contributed by atoms with Gasteiger partial charge in [0.15, 0.2) is 0 Å². The third-order valence-electron chi connectivity index (χ3n) is 4.53. The smallest absolute Gasteiger partial charge is 0.277 e. The van der Waals surface area contributed by atoms with Crippen LogP contribution < -0.4 is 15.0 Å². The van der Waals surface area contributed by atoms with Gasteiger partial charge in [-0.15, -0.1) is 0 Å².